The molecule has 1 N–H and O–H groups in total. The zero-order valence-electron chi connectivity index (χ0n) is 18.3. The summed E-state index contributed by atoms with van der Waals surface area (Å²) in [6.45, 7) is 5.82. The van der Waals surface area contributed by atoms with Crippen LogP contribution in [0.4, 0.5) is 5.13 Å². The number of nitrogens with zero attached hydrogens (tertiary/aromatic N) is 3. The molecule has 1 aliphatic heterocycles. The molecule has 32 heavy (non-hydrogen) atoms. The Balaban J connectivity index is 1.39. The van der Waals surface area contributed by atoms with Crippen molar-refractivity contribution >= 4 is 22.4 Å². The van der Waals surface area contributed by atoms with E-state index >= 15 is 0 Å². The molecule has 8 heteroatoms. The lowest BCUT2D eigenvalue weighted by atomic mass is 10.1. The molecule has 2 aromatic heterocycles. The van der Waals surface area contributed by atoms with Gasteiger partial charge >= 0.3 is 0 Å². The molecular formula is C24H28N4O3S. The standard InChI is InChI=1S/C24H28N4O3S/c1-2-30-22-13-19(8-9-21(22)31-16-18-7-6-10-25-14-18)23(29)27-24-26-20(17-32-24)15-28-11-4-3-5-12-28/h6-10,13-14,17H,2-5,11-12,15-16H2,1H3,(H,26,27,29). The first-order valence-corrected chi connectivity index (χ1v) is 11.9. The van der Waals surface area contributed by atoms with Crippen LogP contribution in [0.3, 0.4) is 0 Å². The van der Waals surface area contributed by atoms with E-state index in [0.29, 0.717) is 35.4 Å². The second kappa shape index (κ2) is 11.1. The minimum Gasteiger partial charge on any atom is -0.490 e. The summed E-state index contributed by atoms with van der Waals surface area (Å²) in [4.78, 5) is 23.9. The molecule has 4 rings (SSSR count). The minimum atomic E-state index is -0.219. The predicted molar refractivity (Wildman–Crippen MR) is 125 cm³/mol. The van der Waals surface area contributed by atoms with Gasteiger partial charge < -0.3 is 9.47 Å². The van der Waals surface area contributed by atoms with E-state index in [1.807, 2.05) is 24.4 Å². The van der Waals surface area contributed by atoms with Crippen LogP contribution in [-0.2, 0) is 13.2 Å². The molecule has 0 atom stereocenters. The average Bonchev–Trinajstić information content (AvgIpc) is 3.26. The number of benzene rings is 1. The summed E-state index contributed by atoms with van der Waals surface area (Å²) in [5.74, 6) is 0.905. The lowest BCUT2D eigenvalue weighted by Gasteiger charge is -2.25. The van der Waals surface area contributed by atoms with Gasteiger partial charge in [-0.3, -0.25) is 20.0 Å². The molecule has 0 aliphatic carbocycles. The van der Waals surface area contributed by atoms with E-state index < -0.39 is 0 Å². The number of carbonyl (C=O) groups excluding carboxylic acids is 1. The van der Waals surface area contributed by atoms with Crippen molar-refractivity contribution < 1.29 is 14.3 Å². The van der Waals surface area contributed by atoms with Gasteiger partial charge in [0.15, 0.2) is 16.6 Å². The molecule has 0 spiro atoms. The summed E-state index contributed by atoms with van der Waals surface area (Å²) in [5, 5.41) is 5.54. The lowest BCUT2D eigenvalue weighted by molar-refractivity contribution is 0.102. The quantitative estimate of drug-likeness (QED) is 0.505. The number of thiazole rings is 1. The molecule has 1 amide bonds. The molecule has 3 aromatic rings. The summed E-state index contributed by atoms with van der Waals surface area (Å²) in [7, 11) is 0. The molecule has 1 saturated heterocycles. The van der Waals surface area contributed by atoms with E-state index in [1.54, 1.807) is 30.6 Å². The van der Waals surface area contributed by atoms with E-state index in [4.69, 9.17) is 9.47 Å². The highest BCUT2D eigenvalue weighted by Crippen LogP contribution is 2.30. The van der Waals surface area contributed by atoms with E-state index in [0.717, 1.165) is 30.9 Å². The van der Waals surface area contributed by atoms with Crippen LogP contribution < -0.4 is 14.8 Å². The Morgan fingerprint density at radius 2 is 2.03 bits per heavy atom. The smallest absolute Gasteiger partial charge is 0.257 e. The number of likely N-dealkylation sites (tertiary alicyclic amines) is 1. The highest BCUT2D eigenvalue weighted by molar-refractivity contribution is 7.14. The van der Waals surface area contributed by atoms with Crippen LogP contribution in [0.5, 0.6) is 11.5 Å². The first-order valence-electron chi connectivity index (χ1n) is 11.0. The van der Waals surface area contributed by atoms with Crippen molar-refractivity contribution in [3.8, 4) is 11.5 Å². The molecule has 0 unspecified atom stereocenters. The van der Waals surface area contributed by atoms with Gasteiger partial charge in [-0.25, -0.2) is 4.98 Å². The van der Waals surface area contributed by atoms with Crippen molar-refractivity contribution in [3.05, 3.63) is 64.9 Å². The number of hydrogen-bond donors (Lipinski definition) is 1. The summed E-state index contributed by atoms with van der Waals surface area (Å²) in [5.41, 5.74) is 2.46. The Bertz CT molecular complexity index is 1020. The van der Waals surface area contributed by atoms with Crippen molar-refractivity contribution in [1.82, 2.24) is 14.9 Å². The number of piperidine rings is 1. The molecule has 0 radical (unpaired) electrons. The van der Waals surface area contributed by atoms with Crippen molar-refractivity contribution in [1.29, 1.82) is 0 Å². The monoisotopic (exact) mass is 452 g/mol. The molecule has 0 saturated carbocycles. The fourth-order valence-corrected chi connectivity index (χ4v) is 4.33. The summed E-state index contributed by atoms with van der Waals surface area (Å²) >= 11 is 1.45. The van der Waals surface area contributed by atoms with Gasteiger partial charge in [-0.05, 0) is 57.1 Å². The maximum Gasteiger partial charge on any atom is 0.257 e. The first-order chi connectivity index (χ1) is 15.7. The van der Waals surface area contributed by atoms with Crippen LogP contribution in [0.2, 0.25) is 0 Å². The number of aromatic nitrogens is 2. The van der Waals surface area contributed by atoms with E-state index in [9.17, 15) is 4.79 Å². The van der Waals surface area contributed by atoms with Crippen LogP contribution in [0.25, 0.3) is 0 Å². The molecule has 7 nitrogen and oxygen atoms in total. The molecule has 1 aliphatic rings. The summed E-state index contributed by atoms with van der Waals surface area (Å²) in [6.07, 6.45) is 7.29. The first kappa shape index (κ1) is 22.2. The van der Waals surface area contributed by atoms with Gasteiger partial charge in [0.2, 0.25) is 0 Å². The van der Waals surface area contributed by atoms with Gasteiger partial charge in [0.1, 0.15) is 6.61 Å². The predicted octanol–water partition coefficient (Wildman–Crippen LogP) is 4.75. The zero-order chi connectivity index (χ0) is 22.2. The SMILES string of the molecule is CCOc1cc(C(=O)Nc2nc(CN3CCCCC3)cs2)ccc1OCc1cccnc1. The lowest BCUT2D eigenvalue weighted by Crippen LogP contribution is -2.29. The number of ether oxygens (including phenoxy) is 2. The van der Waals surface area contributed by atoms with Gasteiger partial charge in [-0.2, -0.15) is 0 Å². The topological polar surface area (TPSA) is 76.6 Å². The Labute approximate surface area is 192 Å². The normalized spacial score (nSPS) is 14.2. The van der Waals surface area contributed by atoms with Crippen LogP contribution in [0.15, 0.2) is 48.1 Å². The highest BCUT2D eigenvalue weighted by atomic mass is 32.1. The molecule has 1 aromatic carbocycles. The number of pyridine rings is 1. The fourth-order valence-electron chi connectivity index (χ4n) is 3.63. The van der Waals surface area contributed by atoms with Gasteiger partial charge in [0.25, 0.3) is 5.91 Å². The van der Waals surface area contributed by atoms with Crippen LogP contribution in [0, 0.1) is 0 Å². The Morgan fingerprint density at radius 3 is 2.81 bits per heavy atom. The van der Waals surface area contributed by atoms with E-state index in [-0.39, 0.29) is 5.91 Å². The molecule has 3 heterocycles. The number of rotatable bonds is 9. The third kappa shape index (κ3) is 6.05. The van der Waals surface area contributed by atoms with Gasteiger partial charge in [-0.1, -0.05) is 12.5 Å². The number of carbonyl (C=O) groups is 1. The Kier molecular flexibility index (Phi) is 7.68. The minimum absolute atomic E-state index is 0.219. The third-order valence-corrected chi connectivity index (χ3v) is 6.04. The highest BCUT2D eigenvalue weighted by Gasteiger charge is 2.15. The average molecular weight is 453 g/mol. The summed E-state index contributed by atoms with van der Waals surface area (Å²) in [6, 6.07) is 9.02. The maximum atomic E-state index is 12.8. The molecule has 0 bridgehead atoms. The number of nitrogens with one attached hydrogen (secondary N) is 1. The van der Waals surface area contributed by atoms with Crippen molar-refractivity contribution in [2.45, 2.75) is 39.3 Å². The van der Waals surface area contributed by atoms with E-state index in [1.165, 1.54) is 30.6 Å². The Hall–Kier alpha value is -2.97. The van der Waals surface area contributed by atoms with Crippen LogP contribution in [-0.4, -0.2) is 40.5 Å². The van der Waals surface area contributed by atoms with E-state index in [2.05, 4.69) is 20.2 Å². The second-order valence-corrected chi connectivity index (χ2v) is 8.54. The van der Waals surface area contributed by atoms with Crippen molar-refractivity contribution in [2.24, 2.45) is 0 Å². The molecular weight excluding hydrogens is 424 g/mol. The fraction of sp³-hybridized carbons (Fsp3) is 0.375. The van der Waals surface area contributed by atoms with Crippen LogP contribution >= 0.6 is 11.3 Å². The van der Waals surface area contributed by atoms with Crippen molar-refractivity contribution in [2.75, 3.05) is 25.0 Å². The zero-order valence-corrected chi connectivity index (χ0v) is 19.1. The third-order valence-electron chi connectivity index (χ3n) is 5.23. The number of hydrogen-bond acceptors (Lipinski definition) is 7. The van der Waals surface area contributed by atoms with Gasteiger partial charge in [0, 0.05) is 35.4 Å². The van der Waals surface area contributed by atoms with Gasteiger partial charge in [0.05, 0.1) is 12.3 Å². The molecule has 168 valence electrons. The number of anilines is 1. The van der Waals surface area contributed by atoms with Gasteiger partial charge in [-0.15, -0.1) is 11.3 Å². The summed E-state index contributed by atoms with van der Waals surface area (Å²) < 4.78 is 11.6. The maximum absolute atomic E-state index is 12.8. The largest absolute Gasteiger partial charge is 0.490 e. The van der Waals surface area contributed by atoms with Crippen LogP contribution in [0.1, 0.15) is 47.8 Å². The second-order valence-electron chi connectivity index (χ2n) is 7.68. The molecule has 1 fully saturated rings. The Morgan fingerprint density at radius 1 is 1.16 bits per heavy atom. The van der Waals surface area contributed by atoms with Crippen molar-refractivity contribution in [3.63, 3.8) is 0 Å². The number of amides is 1.